The van der Waals surface area contributed by atoms with Gasteiger partial charge in [0.05, 0.1) is 5.41 Å². The first-order chi connectivity index (χ1) is 6.75. The molecule has 1 saturated heterocycles. The topological polar surface area (TPSA) is 67.2 Å². The Morgan fingerprint density at radius 3 is 2.93 bits per heavy atom. The summed E-state index contributed by atoms with van der Waals surface area (Å²) >= 11 is 0. The highest BCUT2D eigenvalue weighted by molar-refractivity contribution is 5.83. The highest BCUT2D eigenvalue weighted by Gasteiger charge is 2.37. The highest BCUT2D eigenvalue weighted by Crippen LogP contribution is 2.29. The molecule has 1 heterocycles. The minimum absolute atomic E-state index is 0.164. The Labute approximate surface area is 85.6 Å². The zero-order chi connectivity index (χ0) is 10.4. The van der Waals surface area contributed by atoms with Crippen molar-refractivity contribution in [1.29, 1.82) is 0 Å². The van der Waals surface area contributed by atoms with Gasteiger partial charge in [-0.1, -0.05) is 6.92 Å². The lowest BCUT2D eigenvalue weighted by atomic mass is 9.77. The fraction of sp³-hybridized carbons (Fsp3) is 0.900. The molecule has 0 bridgehead atoms. The Morgan fingerprint density at radius 1 is 1.64 bits per heavy atom. The van der Waals surface area contributed by atoms with Crippen LogP contribution in [0, 0.1) is 5.41 Å². The molecule has 0 saturated carbocycles. The van der Waals surface area contributed by atoms with Gasteiger partial charge in [0, 0.05) is 19.6 Å². The van der Waals surface area contributed by atoms with Crippen LogP contribution in [0.15, 0.2) is 0 Å². The molecule has 4 heteroatoms. The summed E-state index contributed by atoms with van der Waals surface area (Å²) in [4.78, 5) is 11.9. The second kappa shape index (κ2) is 5.32. The van der Waals surface area contributed by atoms with Crippen molar-refractivity contribution in [1.82, 2.24) is 10.6 Å². The quantitative estimate of drug-likeness (QED) is 0.589. The van der Waals surface area contributed by atoms with Gasteiger partial charge in [-0.25, -0.2) is 0 Å². The maximum absolute atomic E-state index is 11.9. The van der Waals surface area contributed by atoms with Crippen LogP contribution in [0.5, 0.6) is 0 Å². The SMILES string of the molecule is CCC1(C(=O)NCCN)CCCNC1. The Hall–Kier alpha value is -0.610. The van der Waals surface area contributed by atoms with Crippen LogP contribution in [0.1, 0.15) is 26.2 Å². The molecule has 1 atom stereocenters. The lowest BCUT2D eigenvalue weighted by molar-refractivity contribution is -0.132. The van der Waals surface area contributed by atoms with E-state index in [-0.39, 0.29) is 11.3 Å². The smallest absolute Gasteiger partial charge is 0.227 e. The average molecular weight is 199 g/mol. The molecule has 1 fully saturated rings. The molecule has 14 heavy (non-hydrogen) atoms. The molecule has 0 aromatic carbocycles. The predicted molar refractivity (Wildman–Crippen MR) is 56.9 cm³/mol. The molecule has 4 N–H and O–H groups in total. The number of carbonyl (C=O) groups is 1. The first-order valence-electron chi connectivity index (χ1n) is 5.44. The maximum atomic E-state index is 11.9. The van der Waals surface area contributed by atoms with E-state index in [9.17, 15) is 4.79 Å². The van der Waals surface area contributed by atoms with Gasteiger partial charge in [-0.05, 0) is 25.8 Å². The molecular weight excluding hydrogens is 178 g/mol. The molecule has 1 unspecified atom stereocenters. The van der Waals surface area contributed by atoms with Crippen LogP contribution in [-0.2, 0) is 4.79 Å². The molecule has 1 aliphatic rings. The first kappa shape index (κ1) is 11.5. The van der Waals surface area contributed by atoms with Crippen molar-refractivity contribution in [3.63, 3.8) is 0 Å². The minimum atomic E-state index is -0.187. The third kappa shape index (κ3) is 2.45. The van der Waals surface area contributed by atoms with Crippen LogP contribution in [-0.4, -0.2) is 32.1 Å². The number of hydrogen-bond acceptors (Lipinski definition) is 3. The van der Waals surface area contributed by atoms with E-state index < -0.39 is 0 Å². The van der Waals surface area contributed by atoms with E-state index in [1.54, 1.807) is 0 Å². The van der Waals surface area contributed by atoms with Gasteiger partial charge < -0.3 is 16.4 Å². The summed E-state index contributed by atoms with van der Waals surface area (Å²) in [5.41, 5.74) is 5.17. The molecule has 1 rings (SSSR count). The second-order valence-electron chi connectivity index (χ2n) is 3.96. The van der Waals surface area contributed by atoms with Crippen molar-refractivity contribution in [3.8, 4) is 0 Å². The lowest BCUT2D eigenvalue weighted by Gasteiger charge is -2.35. The predicted octanol–water partition coefficient (Wildman–Crippen LogP) is -0.159. The van der Waals surface area contributed by atoms with Gasteiger partial charge in [0.2, 0.25) is 5.91 Å². The van der Waals surface area contributed by atoms with E-state index >= 15 is 0 Å². The number of hydrogen-bond donors (Lipinski definition) is 3. The third-order valence-electron chi connectivity index (χ3n) is 3.06. The van der Waals surface area contributed by atoms with Crippen LogP contribution in [0.4, 0.5) is 0 Å². The highest BCUT2D eigenvalue weighted by atomic mass is 16.2. The van der Waals surface area contributed by atoms with Crippen molar-refractivity contribution in [3.05, 3.63) is 0 Å². The maximum Gasteiger partial charge on any atom is 0.227 e. The van der Waals surface area contributed by atoms with E-state index in [2.05, 4.69) is 17.6 Å². The largest absolute Gasteiger partial charge is 0.354 e. The molecule has 0 spiro atoms. The standard InChI is InChI=1S/C10H21N3O/c1-2-10(4-3-6-12-8-10)9(14)13-7-5-11/h12H,2-8,11H2,1H3,(H,13,14). The van der Waals surface area contributed by atoms with E-state index in [0.717, 1.165) is 32.4 Å². The summed E-state index contributed by atoms with van der Waals surface area (Å²) in [7, 11) is 0. The van der Waals surface area contributed by atoms with Crippen LogP contribution in [0.25, 0.3) is 0 Å². The second-order valence-corrected chi connectivity index (χ2v) is 3.96. The Bertz CT molecular complexity index is 188. The fourth-order valence-electron chi connectivity index (χ4n) is 2.00. The number of rotatable bonds is 4. The molecule has 1 aliphatic heterocycles. The average Bonchev–Trinajstić information content (AvgIpc) is 2.26. The van der Waals surface area contributed by atoms with Gasteiger partial charge in [0.25, 0.3) is 0 Å². The molecule has 0 aromatic rings. The molecular formula is C10H21N3O. The number of carbonyl (C=O) groups excluding carboxylic acids is 1. The van der Waals surface area contributed by atoms with Crippen molar-refractivity contribution < 1.29 is 4.79 Å². The third-order valence-corrected chi connectivity index (χ3v) is 3.06. The van der Waals surface area contributed by atoms with Crippen LogP contribution in [0.2, 0.25) is 0 Å². The van der Waals surface area contributed by atoms with E-state index in [1.165, 1.54) is 0 Å². The summed E-state index contributed by atoms with van der Waals surface area (Å²) in [6, 6.07) is 0. The molecule has 0 radical (unpaired) electrons. The lowest BCUT2D eigenvalue weighted by Crippen LogP contribution is -2.50. The molecule has 0 aromatic heterocycles. The molecule has 1 amide bonds. The first-order valence-corrected chi connectivity index (χ1v) is 5.44. The van der Waals surface area contributed by atoms with Gasteiger partial charge in [-0.2, -0.15) is 0 Å². The number of nitrogens with two attached hydrogens (primary N) is 1. The number of nitrogens with one attached hydrogen (secondary N) is 2. The summed E-state index contributed by atoms with van der Waals surface area (Å²) in [6.45, 7) is 5.01. The van der Waals surface area contributed by atoms with Crippen LogP contribution < -0.4 is 16.4 Å². The van der Waals surface area contributed by atoms with Crippen molar-refractivity contribution in [2.45, 2.75) is 26.2 Å². The Morgan fingerprint density at radius 2 is 2.43 bits per heavy atom. The zero-order valence-corrected chi connectivity index (χ0v) is 8.94. The Kier molecular flexibility index (Phi) is 4.35. The van der Waals surface area contributed by atoms with Crippen LogP contribution in [0.3, 0.4) is 0 Å². The zero-order valence-electron chi connectivity index (χ0n) is 8.94. The minimum Gasteiger partial charge on any atom is -0.354 e. The van der Waals surface area contributed by atoms with E-state index in [4.69, 9.17) is 5.73 Å². The fourth-order valence-corrected chi connectivity index (χ4v) is 2.00. The van der Waals surface area contributed by atoms with Crippen molar-refractivity contribution in [2.24, 2.45) is 11.1 Å². The van der Waals surface area contributed by atoms with Gasteiger partial charge >= 0.3 is 0 Å². The van der Waals surface area contributed by atoms with Gasteiger partial charge in [-0.3, -0.25) is 4.79 Å². The van der Waals surface area contributed by atoms with Gasteiger partial charge in [0.1, 0.15) is 0 Å². The monoisotopic (exact) mass is 199 g/mol. The van der Waals surface area contributed by atoms with Crippen molar-refractivity contribution >= 4 is 5.91 Å². The summed E-state index contributed by atoms with van der Waals surface area (Å²) in [5.74, 6) is 0.164. The normalized spacial score (nSPS) is 27.3. The van der Waals surface area contributed by atoms with Gasteiger partial charge in [-0.15, -0.1) is 0 Å². The summed E-state index contributed by atoms with van der Waals surface area (Å²) in [6.07, 6.45) is 2.98. The number of amides is 1. The van der Waals surface area contributed by atoms with Crippen LogP contribution >= 0.6 is 0 Å². The summed E-state index contributed by atoms with van der Waals surface area (Å²) in [5, 5.41) is 6.18. The molecule has 82 valence electrons. The summed E-state index contributed by atoms with van der Waals surface area (Å²) < 4.78 is 0. The van der Waals surface area contributed by atoms with E-state index in [0.29, 0.717) is 13.1 Å². The van der Waals surface area contributed by atoms with E-state index in [1.807, 2.05) is 0 Å². The molecule has 0 aliphatic carbocycles. The number of piperidine rings is 1. The van der Waals surface area contributed by atoms with Gasteiger partial charge in [0.15, 0.2) is 0 Å². The Balaban J connectivity index is 2.53. The molecule has 4 nitrogen and oxygen atoms in total. The van der Waals surface area contributed by atoms with Crippen molar-refractivity contribution in [2.75, 3.05) is 26.2 Å².